The third-order valence-electron chi connectivity index (χ3n) is 9.03. The van der Waals surface area contributed by atoms with Crippen LogP contribution < -0.4 is 0 Å². The van der Waals surface area contributed by atoms with Gasteiger partial charge in [0.05, 0.1) is 16.6 Å². The van der Waals surface area contributed by atoms with E-state index in [1.165, 1.54) is 0 Å². The summed E-state index contributed by atoms with van der Waals surface area (Å²) in [6.07, 6.45) is 0. The van der Waals surface area contributed by atoms with Gasteiger partial charge in [0.2, 0.25) is 0 Å². The van der Waals surface area contributed by atoms with E-state index in [1.807, 2.05) is 66.7 Å². The SMILES string of the molecule is c1ccc(-c2nc(-c3cccc(-c4ccc5c(ccc6nc7ccccc7n65)c4)c3)nc(-c3cccc4oc5ccccc5c34)n2)cc1. The molecule has 0 amide bonds. The van der Waals surface area contributed by atoms with Crippen molar-refractivity contribution in [1.29, 1.82) is 0 Å². The quantitative estimate of drug-likeness (QED) is 0.197. The summed E-state index contributed by atoms with van der Waals surface area (Å²) >= 11 is 0. The van der Waals surface area contributed by atoms with Crippen molar-refractivity contribution in [2.75, 3.05) is 0 Å². The lowest BCUT2D eigenvalue weighted by atomic mass is 10.0. The van der Waals surface area contributed by atoms with E-state index in [-0.39, 0.29) is 0 Å². The fourth-order valence-corrected chi connectivity index (χ4v) is 6.79. The first-order valence-electron chi connectivity index (χ1n) is 15.9. The normalized spacial score (nSPS) is 11.8. The molecule has 0 unspecified atom stereocenters. The zero-order chi connectivity index (χ0) is 31.6. The highest BCUT2D eigenvalue weighted by Gasteiger charge is 2.18. The molecule has 0 bridgehead atoms. The molecule has 0 saturated heterocycles. The van der Waals surface area contributed by atoms with Crippen molar-refractivity contribution in [2.45, 2.75) is 0 Å². The summed E-state index contributed by atoms with van der Waals surface area (Å²) in [7, 11) is 0. The highest BCUT2D eigenvalue weighted by atomic mass is 16.3. The molecule has 10 aromatic rings. The number of benzene rings is 6. The lowest BCUT2D eigenvalue weighted by Crippen LogP contribution is -2.00. The van der Waals surface area contributed by atoms with Gasteiger partial charge in [0, 0.05) is 27.5 Å². The molecule has 0 atom stereocenters. The summed E-state index contributed by atoms with van der Waals surface area (Å²) in [4.78, 5) is 20.0. The second-order valence-corrected chi connectivity index (χ2v) is 11.9. The average molecular weight is 616 g/mol. The van der Waals surface area contributed by atoms with Crippen molar-refractivity contribution in [3.63, 3.8) is 0 Å². The maximum absolute atomic E-state index is 6.20. The van der Waals surface area contributed by atoms with Gasteiger partial charge >= 0.3 is 0 Å². The molecule has 0 aliphatic heterocycles. The fraction of sp³-hybridized carbons (Fsp3) is 0. The minimum Gasteiger partial charge on any atom is -0.456 e. The molecule has 0 aliphatic rings. The zero-order valence-electron chi connectivity index (χ0n) is 25.6. The Labute approximate surface area is 274 Å². The summed E-state index contributed by atoms with van der Waals surface area (Å²) in [5.74, 6) is 1.83. The molecule has 4 aromatic heterocycles. The predicted molar refractivity (Wildman–Crippen MR) is 193 cm³/mol. The number of hydrogen-bond donors (Lipinski definition) is 0. The molecule has 0 fully saturated rings. The largest absolute Gasteiger partial charge is 0.456 e. The Morgan fingerprint density at radius 2 is 1.15 bits per heavy atom. The maximum atomic E-state index is 6.20. The molecule has 224 valence electrons. The van der Waals surface area contributed by atoms with E-state index in [0.717, 1.165) is 77.3 Å². The second-order valence-electron chi connectivity index (χ2n) is 11.9. The zero-order valence-corrected chi connectivity index (χ0v) is 25.6. The Hall–Kier alpha value is -6.66. The van der Waals surface area contributed by atoms with E-state index in [0.29, 0.717) is 17.5 Å². The van der Waals surface area contributed by atoms with E-state index >= 15 is 0 Å². The minimum absolute atomic E-state index is 0.601. The first-order valence-corrected chi connectivity index (χ1v) is 15.9. The van der Waals surface area contributed by atoms with Crippen molar-refractivity contribution in [3.8, 4) is 45.3 Å². The van der Waals surface area contributed by atoms with Crippen LogP contribution in [0.4, 0.5) is 0 Å². The van der Waals surface area contributed by atoms with Crippen LogP contribution in [0.15, 0.2) is 156 Å². The third kappa shape index (κ3) is 4.20. The van der Waals surface area contributed by atoms with Crippen LogP contribution in [0.1, 0.15) is 0 Å². The van der Waals surface area contributed by atoms with Crippen molar-refractivity contribution in [2.24, 2.45) is 0 Å². The molecule has 0 spiro atoms. The molecule has 0 aliphatic carbocycles. The van der Waals surface area contributed by atoms with Crippen LogP contribution >= 0.6 is 0 Å². The van der Waals surface area contributed by atoms with Crippen LogP contribution in [0.2, 0.25) is 0 Å². The molecule has 6 nitrogen and oxygen atoms in total. The average Bonchev–Trinajstić information content (AvgIpc) is 3.74. The number of rotatable bonds is 4. The molecule has 0 N–H and O–H groups in total. The van der Waals surface area contributed by atoms with Gasteiger partial charge in [-0.3, -0.25) is 4.40 Å². The molecule has 10 rings (SSSR count). The number of furan rings is 1. The lowest BCUT2D eigenvalue weighted by Gasteiger charge is -2.11. The minimum atomic E-state index is 0.601. The van der Waals surface area contributed by atoms with Gasteiger partial charge in [-0.25, -0.2) is 19.9 Å². The standard InChI is InChI=1S/C42H25N5O/c1-2-10-26(11-3-1)40-44-41(46-42(45-40)32-15-9-19-37-39(32)31-14-4-7-18-36(31)48-37)30-13-8-12-27(25-30)28-20-22-34-29(24-28)21-23-38-43-33-16-5-6-17-35(33)47(34)38/h1-25H. The van der Waals surface area contributed by atoms with Crippen LogP contribution in [-0.2, 0) is 0 Å². The summed E-state index contributed by atoms with van der Waals surface area (Å²) < 4.78 is 8.43. The maximum Gasteiger partial charge on any atom is 0.164 e. The van der Waals surface area contributed by atoms with Crippen molar-refractivity contribution in [1.82, 2.24) is 24.3 Å². The van der Waals surface area contributed by atoms with Gasteiger partial charge < -0.3 is 4.42 Å². The Kier molecular flexibility index (Phi) is 5.77. The highest BCUT2D eigenvalue weighted by Crippen LogP contribution is 2.37. The van der Waals surface area contributed by atoms with Crippen LogP contribution in [-0.4, -0.2) is 24.3 Å². The van der Waals surface area contributed by atoms with Gasteiger partial charge in [0.1, 0.15) is 16.8 Å². The van der Waals surface area contributed by atoms with Gasteiger partial charge in [-0.05, 0) is 71.1 Å². The smallest absolute Gasteiger partial charge is 0.164 e. The lowest BCUT2D eigenvalue weighted by molar-refractivity contribution is 0.669. The van der Waals surface area contributed by atoms with Gasteiger partial charge in [-0.2, -0.15) is 0 Å². The van der Waals surface area contributed by atoms with Gasteiger partial charge in [0.15, 0.2) is 17.5 Å². The second kappa shape index (κ2) is 10.4. The van der Waals surface area contributed by atoms with Gasteiger partial charge in [0.25, 0.3) is 0 Å². The Balaban J connectivity index is 1.13. The number of aromatic nitrogens is 5. The first kappa shape index (κ1) is 26.5. The Bertz CT molecular complexity index is 2850. The fourth-order valence-electron chi connectivity index (χ4n) is 6.79. The molecule has 48 heavy (non-hydrogen) atoms. The van der Waals surface area contributed by atoms with Crippen LogP contribution in [0.5, 0.6) is 0 Å². The summed E-state index contributed by atoms with van der Waals surface area (Å²) in [6, 6.07) is 51.7. The molecule has 4 heterocycles. The van der Waals surface area contributed by atoms with E-state index in [2.05, 4.69) is 89.3 Å². The molecule has 0 saturated carbocycles. The van der Waals surface area contributed by atoms with Crippen LogP contribution in [0.3, 0.4) is 0 Å². The summed E-state index contributed by atoms with van der Waals surface area (Å²) in [5, 5.41) is 3.17. The Morgan fingerprint density at radius 3 is 2.08 bits per heavy atom. The van der Waals surface area contributed by atoms with E-state index in [9.17, 15) is 0 Å². The first-order chi connectivity index (χ1) is 23.8. The summed E-state index contributed by atoms with van der Waals surface area (Å²) in [6.45, 7) is 0. The number of fused-ring (bicyclic) bond motifs is 8. The Morgan fingerprint density at radius 1 is 0.438 bits per heavy atom. The topological polar surface area (TPSA) is 69.1 Å². The van der Waals surface area contributed by atoms with Gasteiger partial charge in [-0.15, -0.1) is 0 Å². The van der Waals surface area contributed by atoms with E-state index < -0.39 is 0 Å². The van der Waals surface area contributed by atoms with Crippen LogP contribution in [0.25, 0.3) is 94.8 Å². The number of para-hydroxylation sites is 3. The number of imidazole rings is 1. The molecular weight excluding hydrogens is 590 g/mol. The monoisotopic (exact) mass is 615 g/mol. The van der Waals surface area contributed by atoms with Crippen molar-refractivity contribution >= 4 is 49.5 Å². The van der Waals surface area contributed by atoms with Crippen molar-refractivity contribution in [3.05, 3.63) is 152 Å². The van der Waals surface area contributed by atoms with Crippen LogP contribution in [0, 0.1) is 0 Å². The van der Waals surface area contributed by atoms with E-state index in [4.69, 9.17) is 24.4 Å². The molecule has 6 heteroatoms. The molecule has 6 aromatic carbocycles. The predicted octanol–water partition coefficient (Wildman–Crippen LogP) is 10.4. The van der Waals surface area contributed by atoms with E-state index in [1.54, 1.807) is 0 Å². The third-order valence-corrected chi connectivity index (χ3v) is 9.03. The highest BCUT2D eigenvalue weighted by molar-refractivity contribution is 6.11. The van der Waals surface area contributed by atoms with Gasteiger partial charge in [-0.1, -0.05) is 97.1 Å². The molecular formula is C42H25N5O. The van der Waals surface area contributed by atoms with Crippen molar-refractivity contribution < 1.29 is 4.42 Å². The summed E-state index contributed by atoms with van der Waals surface area (Å²) in [5.41, 5.74) is 10.7. The molecule has 0 radical (unpaired) electrons. The number of hydrogen-bond acceptors (Lipinski definition) is 5. The number of pyridine rings is 1. The number of nitrogens with zero attached hydrogens (tertiary/aromatic N) is 5.